The van der Waals surface area contributed by atoms with Gasteiger partial charge in [-0.25, -0.2) is 0 Å². The van der Waals surface area contributed by atoms with Crippen LogP contribution in [-0.4, -0.2) is 27.8 Å². The molecule has 1 aromatic carbocycles. The second-order valence-electron chi connectivity index (χ2n) is 4.07. The van der Waals surface area contributed by atoms with Crippen molar-refractivity contribution in [1.82, 2.24) is 15.5 Å². The van der Waals surface area contributed by atoms with Gasteiger partial charge in [-0.3, -0.25) is 4.79 Å². The van der Waals surface area contributed by atoms with E-state index in [4.69, 9.17) is 21.2 Å². The van der Waals surface area contributed by atoms with Crippen LogP contribution in [0.1, 0.15) is 27.6 Å². The fraction of sp³-hybridized carbons (Fsp3) is 0.214. The summed E-state index contributed by atoms with van der Waals surface area (Å²) in [4.78, 5) is 15.9. The van der Waals surface area contributed by atoms with Gasteiger partial charge in [0, 0.05) is 11.1 Å². The number of carbonyl (C=O) groups excluding carboxylic acids is 1. The molecule has 2 N–H and O–H groups in total. The third-order valence-corrected chi connectivity index (χ3v) is 2.82. The zero-order valence-electron chi connectivity index (χ0n) is 11.2. The molecule has 0 radical (unpaired) electrons. The Labute approximate surface area is 126 Å². The van der Waals surface area contributed by atoms with E-state index in [0.717, 1.165) is 0 Å². The van der Waals surface area contributed by atoms with Crippen molar-refractivity contribution in [3.05, 3.63) is 46.1 Å². The van der Waals surface area contributed by atoms with Gasteiger partial charge in [0.25, 0.3) is 5.91 Å². The molecule has 1 amide bonds. The summed E-state index contributed by atoms with van der Waals surface area (Å²) in [5.74, 6) is 5.72. The molecule has 2 rings (SSSR count). The van der Waals surface area contributed by atoms with Crippen LogP contribution in [0.4, 0.5) is 0 Å². The first-order valence-corrected chi connectivity index (χ1v) is 6.44. The standard InChI is InChI=1S/C14H12ClN3O3/c1-9-17-13(21-18-9)8-16-14(20)11-5-4-10(3-2-6-19)12(15)7-11/h4-5,7,19H,6,8H2,1H3,(H,16,20). The Morgan fingerprint density at radius 3 is 2.95 bits per heavy atom. The van der Waals surface area contributed by atoms with E-state index >= 15 is 0 Å². The number of aliphatic hydroxyl groups is 1. The number of amides is 1. The zero-order valence-corrected chi connectivity index (χ0v) is 11.9. The average molecular weight is 306 g/mol. The zero-order chi connectivity index (χ0) is 15.2. The lowest BCUT2D eigenvalue weighted by Crippen LogP contribution is -2.23. The molecule has 0 bridgehead atoms. The minimum atomic E-state index is -0.311. The number of aryl methyl sites for hydroxylation is 1. The van der Waals surface area contributed by atoms with Gasteiger partial charge >= 0.3 is 0 Å². The predicted molar refractivity (Wildman–Crippen MR) is 75.6 cm³/mol. The Hall–Kier alpha value is -2.36. The Balaban J connectivity index is 2.04. The van der Waals surface area contributed by atoms with Crippen LogP contribution in [0.5, 0.6) is 0 Å². The molecule has 0 saturated heterocycles. The quantitative estimate of drug-likeness (QED) is 0.835. The molecule has 0 spiro atoms. The van der Waals surface area contributed by atoms with E-state index in [1.165, 1.54) is 6.07 Å². The van der Waals surface area contributed by atoms with E-state index in [-0.39, 0.29) is 19.1 Å². The van der Waals surface area contributed by atoms with Gasteiger partial charge in [-0.15, -0.1) is 0 Å². The highest BCUT2D eigenvalue weighted by atomic mass is 35.5. The summed E-state index contributed by atoms with van der Waals surface area (Å²) in [5, 5.41) is 15.3. The number of benzene rings is 1. The van der Waals surface area contributed by atoms with Gasteiger partial charge in [0.05, 0.1) is 11.6 Å². The Kier molecular flexibility index (Phi) is 4.93. The third kappa shape index (κ3) is 4.05. The van der Waals surface area contributed by atoms with Crippen molar-refractivity contribution >= 4 is 17.5 Å². The van der Waals surface area contributed by atoms with Crippen LogP contribution in [-0.2, 0) is 6.54 Å². The normalized spacial score (nSPS) is 9.86. The number of nitrogens with one attached hydrogen (secondary N) is 1. The summed E-state index contributed by atoms with van der Waals surface area (Å²) in [6.45, 7) is 1.59. The molecule has 21 heavy (non-hydrogen) atoms. The van der Waals surface area contributed by atoms with E-state index in [0.29, 0.717) is 27.9 Å². The highest BCUT2D eigenvalue weighted by molar-refractivity contribution is 6.32. The second kappa shape index (κ2) is 6.88. The number of hydrogen-bond acceptors (Lipinski definition) is 5. The lowest BCUT2D eigenvalue weighted by Gasteiger charge is -2.04. The summed E-state index contributed by atoms with van der Waals surface area (Å²) < 4.78 is 4.89. The van der Waals surface area contributed by atoms with Crippen LogP contribution in [0.25, 0.3) is 0 Å². The van der Waals surface area contributed by atoms with Crippen molar-refractivity contribution in [2.24, 2.45) is 0 Å². The molecule has 6 nitrogen and oxygen atoms in total. The minimum absolute atomic E-state index is 0.142. The van der Waals surface area contributed by atoms with Crippen molar-refractivity contribution in [2.75, 3.05) is 6.61 Å². The molecule has 1 aromatic heterocycles. The number of aliphatic hydroxyl groups excluding tert-OH is 1. The molecule has 0 atom stereocenters. The molecule has 1 heterocycles. The van der Waals surface area contributed by atoms with E-state index < -0.39 is 0 Å². The molecule has 108 valence electrons. The van der Waals surface area contributed by atoms with Crippen LogP contribution < -0.4 is 5.32 Å². The lowest BCUT2D eigenvalue weighted by atomic mass is 10.1. The van der Waals surface area contributed by atoms with Crippen molar-refractivity contribution in [1.29, 1.82) is 0 Å². The van der Waals surface area contributed by atoms with Crippen molar-refractivity contribution in [3.63, 3.8) is 0 Å². The highest BCUT2D eigenvalue weighted by Crippen LogP contribution is 2.17. The Morgan fingerprint density at radius 2 is 2.33 bits per heavy atom. The number of rotatable bonds is 3. The maximum Gasteiger partial charge on any atom is 0.251 e. The number of nitrogens with zero attached hydrogens (tertiary/aromatic N) is 2. The minimum Gasteiger partial charge on any atom is -0.384 e. The molecule has 0 aliphatic rings. The number of aromatic nitrogens is 2. The monoisotopic (exact) mass is 305 g/mol. The van der Waals surface area contributed by atoms with E-state index in [1.54, 1.807) is 19.1 Å². The summed E-state index contributed by atoms with van der Waals surface area (Å²) in [5.41, 5.74) is 0.945. The van der Waals surface area contributed by atoms with Gasteiger partial charge in [0.15, 0.2) is 5.82 Å². The first-order valence-electron chi connectivity index (χ1n) is 6.07. The van der Waals surface area contributed by atoms with Crippen LogP contribution in [0.3, 0.4) is 0 Å². The van der Waals surface area contributed by atoms with Gasteiger partial charge in [-0.2, -0.15) is 4.98 Å². The van der Waals surface area contributed by atoms with Gasteiger partial charge in [0.1, 0.15) is 6.61 Å². The number of halogens is 1. The van der Waals surface area contributed by atoms with Gasteiger partial charge in [-0.05, 0) is 25.1 Å². The number of hydrogen-bond donors (Lipinski definition) is 2. The summed E-state index contributed by atoms with van der Waals surface area (Å²) in [6.07, 6.45) is 0. The summed E-state index contributed by atoms with van der Waals surface area (Å²) >= 11 is 6.02. The van der Waals surface area contributed by atoms with Gasteiger partial charge in [0.2, 0.25) is 5.89 Å². The van der Waals surface area contributed by atoms with Crippen molar-refractivity contribution in [3.8, 4) is 11.8 Å². The number of carbonyl (C=O) groups is 1. The van der Waals surface area contributed by atoms with E-state index in [9.17, 15) is 4.79 Å². The topological polar surface area (TPSA) is 88.2 Å². The maximum atomic E-state index is 12.0. The Bertz CT molecular complexity index is 716. The fourth-order valence-corrected chi connectivity index (χ4v) is 1.79. The maximum absolute atomic E-state index is 12.0. The SMILES string of the molecule is Cc1noc(CNC(=O)c2ccc(C#CCO)c(Cl)c2)n1. The fourth-order valence-electron chi connectivity index (χ4n) is 1.56. The molecule has 0 fully saturated rings. The first kappa shape index (κ1) is 15.0. The van der Waals surface area contributed by atoms with E-state index in [2.05, 4.69) is 27.3 Å². The lowest BCUT2D eigenvalue weighted by molar-refractivity contribution is 0.0946. The van der Waals surface area contributed by atoms with E-state index in [1.807, 2.05) is 0 Å². The van der Waals surface area contributed by atoms with Crippen molar-refractivity contribution < 1.29 is 14.4 Å². The first-order chi connectivity index (χ1) is 10.1. The summed E-state index contributed by atoms with van der Waals surface area (Å²) in [6, 6.07) is 4.73. The molecular formula is C14H12ClN3O3. The molecule has 0 saturated carbocycles. The van der Waals surface area contributed by atoms with Crippen LogP contribution in [0, 0.1) is 18.8 Å². The average Bonchev–Trinajstić information content (AvgIpc) is 2.89. The van der Waals surface area contributed by atoms with Crippen LogP contribution in [0.2, 0.25) is 5.02 Å². The predicted octanol–water partition coefficient (Wildman–Crippen LogP) is 1.31. The largest absolute Gasteiger partial charge is 0.384 e. The molecule has 0 aliphatic heterocycles. The summed E-state index contributed by atoms with van der Waals surface area (Å²) in [7, 11) is 0. The molecule has 0 aliphatic carbocycles. The molecule has 2 aromatic rings. The molecule has 0 unspecified atom stereocenters. The van der Waals surface area contributed by atoms with Gasteiger partial charge < -0.3 is 14.9 Å². The smallest absolute Gasteiger partial charge is 0.251 e. The molecule has 7 heteroatoms. The van der Waals surface area contributed by atoms with Gasteiger partial charge in [-0.1, -0.05) is 28.6 Å². The second-order valence-corrected chi connectivity index (χ2v) is 4.48. The van der Waals surface area contributed by atoms with Crippen LogP contribution in [0.15, 0.2) is 22.7 Å². The Morgan fingerprint density at radius 1 is 1.52 bits per heavy atom. The van der Waals surface area contributed by atoms with Crippen LogP contribution >= 0.6 is 11.6 Å². The highest BCUT2D eigenvalue weighted by Gasteiger charge is 2.10. The molecular weight excluding hydrogens is 294 g/mol. The third-order valence-electron chi connectivity index (χ3n) is 2.50. The van der Waals surface area contributed by atoms with Crippen molar-refractivity contribution in [2.45, 2.75) is 13.5 Å².